The Labute approximate surface area is 199 Å². The third-order valence-electron chi connectivity index (χ3n) is 5.58. The molecule has 0 radical (unpaired) electrons. The predicted molar refractivity (Wildman–Crippen MR) is 128 cm³/mol. The molecule has 0 aliphatic carbocycles. The molecule has 0 heterocycles. The van der Waals surface area contributed by atoms with Crippen LogP contribution in [0.4, 0.5) is 0 Å². The van der Waals surface area contributed by atoms with Crippen molar-refractivity contribution >= 4 is 17.9 Å². The topological polar surface area (TPSA) is 152 Å². The van der Waals surface area contributed by atoms with Gasteiger partial charge in [-0.25, -0.2) is 0 Å². The lowest BCUT2D eigenvalue weighted by Crippen LogP contribution is -2.23. The summed E-state index contributed by atoms with van der Waals surface area (Å²) in [6.45, 7) is 1.90. The summed E-state index contributed by atoms with van der Waals surface area (Å²) in [5.74, 6) is -3.54. The number of hydrogen-bond donors (Lipinski definition) is 5. The Morgan fingerprint density at radius 1 is 0.636 bits per heavy atom. The number of rotatable bonds is 22. The second-order valence-electron chi connectivity index (χ2n) is 8.78. The first-order valence-corrected chi connectivity index (χ1v) is 12.7. The van der Waals surface area contributed by atoms with Crippen molar-refractivity contribution in [2.45, 2.75) is 129 Å². The molecule has 0 fully saturated rings. The average Bonchev–Trinajstić information content (AvgIpc) is 2.77. The van der Waals surface area contributed by atoms with Gasteiger partial charge in [0.15, 0.2) is 0 Å². The Hall–Kier alpha value is -1.67. The molecule has 0 rings (SSSR count). The molecule has 0 aromatic carbocycles. The zero-order chi connectivity index (χ0) is 25.3. The van der Waals surface area contributed by atoms with E-state index in [-0.39, 0.29) is 25.9 Å². The normalized spacial score (nSPS) is 12.5. The molecule has 0 aromatic rings. The van der Waals surface area contributed by atoms with Gasteiger partial charge in [-0.2, -0.15) is 0 Å². The summed E-state index contributed by atoms with van der Waals surface area (Å²) in [4.78, 5) is 30.4. The predicted octanol–water partition coefficient (Wildman–Crippen LogP) is 5.24. The minimum atomic E-state index is -1.08. The van der Waals surface area contributed by atoms with Gasteiger partial charge in [-0.15, -0.1) is 0 Å². The minimum absolute atomic E-state index is 0.157. The summed E-state index contributed by atoms with van der Waals surface area (Å²) >= 11 is 0. The van der Waals surface area contributed by atoms with Gasteiger partial charge < -0.3 is 25.5 Å². The van der Waals surface area contributed by atoms with E-state index in [9.17, 15) is 19.5 Å². The number of hydrogen-bond acceptors (Lipinski definition) is 5. The van der Waals surface area contributed by atoms with Crippen LogP contribution in [-0.2, 0) is 14.4 Å². The summed E-state index contributed by atoms with van der Waals surface area (Å²) in [5, 5.41) is 43.1. The largest absolute Gasteiger partial charge is 0.481 e. The Balaban J connectivity index is 0. The van der Waals surface area contributed by atoms with Crippen molar-refractivity contribution in [3.05, 3.63) is 0 Å². The van der Waals surface area contributed by atoms with Gasteiger partial charge in [0.25, 0.3) is 0 Å². The van der Waals surface area contributed by atoms with Crippen LogP contribution >= 0.6 is 0 Å². The monoisotopic (exact) mass is 476 g/mol. The van der Waals surface area contributed by atoms with Crippen LogP contribution in [0.5, 0.6) is 0 Å². The van der Waals surface area contributed by atoms with E-state index in [1.807, 2.05) is 0 Å². The highest BCUT2D eigenvalue weighted by molar-refractivity contribution is 5.75. The number of carboxylic acids is 3. The number of aliphatic hydroxyl groups excluding tert-OH is 2. The molecular weight excluding hydrogens is 428 g/mol. The van der Waals surface area contributed by atoms with Crippen molar-refractivity contribution in [3.63, 3.8) is 0 Å². The molecule has 8 heteroatoms. The summed E-state index contributed by atoms with van der Waals surface area (Å²) in [6, 6.07) is 0. The van der Waals surface area contributed by atoms with E-state index >= 15 is 0 Å². The molecule has 2 atom stereocenters. The maximum absolute atomic E-state index is 11.1. The highest BCUT2D eigenvalue weighted by atomic mass is 16.4. The fraction of sp³-hybridized carbons (Fsp3) is 0.880. The van der Waals surface area contributed by atoms with Gasteiger partial charge in [0, 0.05) is 0 Å². The van der Waals surface area contributed by atoms with Crippen molar-refractivity contribution in [1.29, 1.82) is 0 Å². The average molecular weight is 477 g/mol. The van der Waals surface area contributed by atoms with E-state index in [1.54, 1.807) is 0 Å². The summed E-state index contributed by atoms with van der Waals surface area (Å²) in [6.07, 6.45) is 17.3. The molecule has 2 unspecified atom stereocenters. The van der Waals surface area contributed by atoms with Crippen LogP contribution in [0.1, 0.15) is 122 Å². The van der Waals surface area contributed by atoms with Crippen LogP contribution in [-0.4, -0.2) is 56.2 Å². The second kappa shape index (κ2) is 25.0. The van der Waals surface area contributed by atoms with Crippen molar-refractivity contribution in [2.24, 2.45) is 5.92 Å². The van der Waals surface area contributed by atoms with Crippen molar-refractivity contribution in [2.75, 3.05) is 6.61 Å². The molecule has 196 valence electrons. The molecule has 0 saturated heterocycles. The fourth-order valence-corrected chi connectivity index (χ4v) is 3.54. The summed E-state index contributed by atoms with van der Waals surface area (Å²) in [7, 11) is 0. The van der Waals surface area contributed by atoms with Crippen molar-refractivity contribution < 1.29 is 39.9 Å². The van der Waals surface area contributed by atoms with Crippen LogP contribution < -0.4 is 0 Å². The van der Waals surface area contributed by atoms with Gasteiger partial charge in [0.2, 0.25) is 0 Å². The Bertz CT molecular complexity index is 467. The van der Waals surface area contributed by atoms with Crippen LogP contribution in [0.3, 0.4) is 0 Å². The first kappa shape index (κ1) is 33.5. The van der Waals surface area contributed by atoms with E-state index < -0.39 is 29.9 Å². The van der Waals surface area contributed by atoms with Crippen molar-refractivity contribution in [1.82, 2.24) is 0 Å². The van der Waals surface area contributed by atoms with Crippen molar-refractivity contribution in [3.8, 4) is 0 Å². The third-order valence-corrected chi connectivity index (χ3v) is 5.58. The Morgan fingerprint density at radius 2 is 1.00 bits per heavy atom. The number of aliphatic hydroxyl groups is 2. The fourth-order valence-electron chi connectivity index (χ4n) is 3.54. The number of carbonyl (C=O) groups is 3. The number of carboxylic acid groups (broad SMARTS) is 3. The van der Waals surface area contributed by atoms with Crippen LogP contribution in [0, 0.1) is 5.92 Å². The Morgan fingerprint density at radius 3 is 1.30 bits per heavy atom. The smallest absolute Gasteiger partial charge is 0.306 e. The molecule has 0 saturated carbocycles. The van der Waals surface area contributed by atoms with Crippen LogP contribution in [0.2, 0.25) is 0 Å². The van der Waals surface area contributed by atoms with E-state index in [0.717, 1.165) is 12.8 Å². The molecule has 33 heavy (non-hydrogen) atoms. The molecule has 8 nitrogen and oxygen atoms in total. The standard InChI is InChI=1S/C21H42O4.C4H6O4/c1-2-3-4-5-6-7-8-9-10-11-12-13-14-15-16-19(21(24)25)17-20(23)18-22;5-3(6)1-2-4(7)8/h19-20,22-23H,2-18H2,1H3,(H,24,25);1-2H2,(H,5,6)(H,7,8). The zero-order valence-corrected chi connectivity index (χ0v) is 20.6. The first-order chi connectivity index (χ1) is 15.7. The SMILES string of the molecule is CCCCCCCCCCCCCCCCC(CC(O)CO)C(=O)O.O=C(O)CCC(=O)O. The summed E-state index contributed by atoms with van der Waals surface area (Å²) in [5.41, 5.74) is 0. The Kier molecular flexibility index (Phi) is 25.3. The van der Waals surface area contributed by atoms with Gasteiger partial charge in [0.1, 0.15) is 0 Å². The van der Waals surface area contributed by atoms with E-state index in [1.165, 1.54) is 77.0 Å². The van der Waals surface area contributed by atoms with Crippen LogP contribution in [0.25, 0.3) is 0 Å². The summed E-state index contributed by atoms with van der Waals surface area (Å²) < 4.78 is 0. The van der Waals surface area contributed by atoms with Gasteiger partial charge in [-0.3, -0.25) is 14.4 Å². The van der Waals surface area contributed by atoms with E-state index in [0.29, 0.717) is 6.42 Å². The van der Waals surface area contributed by atoms with Gasteiger partial charge in [-0.1, -0.05) is 96.8 Å². The second-order valence-corrected chi connectivity index (χ2v) is 8.78. The lowest BCUT2D eigenvalue weighted by atomic mass is 9.94. The third kappa shape index (κ3) is 28.3. The van der Waals surface area contributed by atoms with Gasteiger partial charge in [0.05, 0.1) is 31.5 Å². The molecule has 0 amide bonds. The molecule has 5 N–H and O–H groups in total. The van der Waals surface area contributed by atoms with Gasteiger partial charge in [-0.05, 0) is 12.8 Å². The van der Waals surface area contributed by atoms with E-state index in [4.69, 9.17) is 20.4 Å². The molecule has 0 aliphatic heterocycles. The lowest BCUT2D eigenvalue weighted by molar-refractivity contribution is -0.143. The minimum Gasteiger partial charge on any atom is -0.481 e. The molecule has 0 bridgehead atoms. The highest BCUT2D eigenvalue weighted by Gasteiger charge is 2.20. The van der Waals surface area contributed by atoms with Gasteiger partial charge >= 0.3 is 17.9 Å². The molecule has 0 spiro atoms. The quantitative estimate of drug-likeness (QED) is 0.133. The highest BCUT2D eigenvalue weighted by Crippen LogP contribution is 2.18. The first-order valence-electron chi connectivity index (χ1n) is 12.7. The lowest BCUT2D eigenvalue weighted by Gasteiger charge is -2.15. The van der Waals surface area contributed by atoms with E-state index in [2.05, 4.69) is 6.92 Å². The van der Waals surface area contributed by atoms with Crippen LogP contribution in [0.15, 0.2) is 0 Å². The maximum atomic E-state index is 11.1. The number of aliphatic carboxylic acids is 3. The molecular formula is C25H48O8. The molecule has 0 aliphatic rings. The number of unbranched alkanes of at least 4 members (excludes halogenated alkanes) is 13. The maximum Gasteiger partial charge on any atom is 0.306 e. The zero-order valence-electron chi connectivity index (χ0n) is 20.6. The molecule has 0 aromatic heterocycles.